The third-order valence-corrected chi connectivity index (χ3v) is 5.08. The Bertz CT molecular complexity index is 1010. The van der Waals surface area contributed by atoms with E-state index in [1.165, 1.54) is 0 Å². The third-order valence-electron chi connectivity index (χ3n) is 4.42. The van der Waals surface area contributed by atoms with Crippen molar-refractivity contribution in [1.29, 1.82) is 0 Å². The summed E-state index contributed by atoms with van der Waals surface area (Å²) in [6, 6.07) is 11.0. The second-order valence-electron chi connectivity index (χ2n) is 6.56. The van der Waals surface area contributed by atoms with Crippen LogP contribution in [0.2, 0.25) is 0 Å². The number of hydrogen-bond donors (Lipinski definition) is 1. The molecule has 0 fully saturated rings. The van der Waals surface area contributed by atoms with Crippen LogP contribution >= 0.6 is 15.9 Å². The second-order valence-corrected chi connectivity index (χ2v) is 7.41. The smallest absolute Gasteiger partial charge is 0.340 e. The summed E-state index contributed by atoms with van der Waals surface area (Å²) in [5, 5.41) is 2.72. The molecule has 146 valence electrons. The summed E-state index contributed by atoms with van der Waals surface area (Å²) in [4.78, 5) is 24.6. The molecule has 7 heteroatoms. The van der Waals surface area contributed by atoms with Gasteiger partial charge in [0.25, 0.3) is 5.91 Å². The van der Waals surface area contributed by atoms with Crippen molar-refractivity contribution in [1.82, 2.24) is 4.57 Å². The number of nitrogens with one attached hydrogen (secondary N) is 1. The topological polar surface area (TPSA) is 73.5 Å². The number of ether oxygens (including phenoxy) is 1. The van der Waals surface area contributed by atoms with E-state index in [-0.39, 0.29) is 6.61 Å². The summed E-state index contributed by atoms with van der Waals surface area (Å²) in [5.74, 6) is -0.135. The molecule has 0 aliphatic heterocycles. The number of hydrogen-bond acceptors (Lipinski definition) is 4. The fourth-order valence-electron chi connectivity index (χ4n) is 2.93. The van der Waals surface area contributed by atoms with E-state index in [0.717, 1.165) is 27.2 Å². The summed E-state index contributed by atoms with van der Waals surface area (Å²) in [7, 11) is 0. The maximum Gasteiger partial charge on any atom is 0.340 e. The summed E-state index contributed by atoms with van der Waals surface area (Å²) in [5.41, 5.74) is 3.81. The Hall–Kier alpha value is -2.80. The number of carbonyl (C=O) groups excluding carboxylic acids is 2. The Morgan fingerprint density at radius 3 is 2.64 bits per heavy atom. The first-order chi connectivity index (χ1) is 13.3. The van der Waals surface area contributed by atoms with Crippen molar-refractivity contribution < 1.29 is 18.7 Å². The van der Waals surface area contributed by atoms with Gasteiger partial charge in [0.15, 0.2) is 6.61 Å². The van der Waals surface area contributed by atoms with Gasteiger partial charge in [-0.15, -0.1) is 0 Å². The number of amides is 1. The summed E-state index contributed by atoms with van der Waals surface area (Å²) >= 11 is 3.40. The van der Waals surface area contributed by atoms with Crippen LogP contribution in [0.3, 0.4) is 0 Å². The molecule has 0 atom stereocenters. The molecule has 3 rings (SSSR count). The van der Waals surface area contributed by atoms with Gasteiger partial charge in [-0.3, -0.25) is 4.79 Å². The van der Waals surface area contributed by atoms with Gasteiger partial charge in [-0.2, -0.15) is 0 Å². The number of aryl methyl sites for hydroxylation is 2. The molecule has 6 nitrogen and oxygen atoms in total. The zero-order chi connectivity index (χ0) is 20.3. The van der Waals surface area contributed by atoms with Crippen molar-refractivity contribution in [3.8, 4) is 0 Å². The minimum absolute atomic E-state index is 0.360. The molecule has 0 saturated heterocycles. The molecule has 0 aliphatic rings. The van der Waals surface area contributed by atoms with E-state index in [1.807, 2.05) is 49.6 Å². The number of nitrogens with zero attached hydrogens (tertiary/aromatic N) is 1. The Balaban J connectivity index is 1.62. The number of aromatic nitrogens is 1. The number of rotatable bonds is 6. The highest BCUT2D eigenvalue weighted by molar-refractivity contribution is 9.10. The quantitative estimate of drug-likeness (QED) is 0.563. The van der Waals surface area contributed by atoms with Crippen molar-refractivity contribution in [2.45, 2.75) is 27.3 Å². The Labute approximate surface area is 171 Å². The molecule has 1 aromatic carbocycles. The van der Waals surface area contributed by atoms with Gasteiger partial charge in [-0.25, -0.2) is 4.79 Å². The first-order valence-electron chi connectivity index (χ1n) is 8.77. The number of furan rings is 1. The number of carbonyl (C=O) groups is 2. The first-order valence-corrected chi connectivity index (χ1v) is 9.56. The highest BCUT2D eigenvalue weighted by Gasteiger charge is 2.19. The molecule has 0 aliphatic carbocycles. The number of esters is 1. The predicted octanol–water partition coefficient (Wildman–Crippen LogP) is 4.61. The normalized spacial score (nSPS) is 10.7. The molecule has 1 N–H and O–H groups in total. The lowest BCUT2D eigenvalue weighted by Gasteiger charge is -2.09. The van der Waals surface area contributed by atoms with Gasteiger partial charge in [-0.05, 0) is 72.6 Å². The summed E-state index contributed by atoms with van der Waals surface area (Å²) in [6.07, 6.45) is 1.61. The zero-order valence-corrected chi connectivity index (χ0v) is 17.5. The van der Waals surface area contributed by atoms with Gasteiger partial charge in [-0.1, -0.05) is 6.07 Å². The average Bonchev–Trinajstić information content (AvgIpc) is 3.26. The second kappa shape index (κ2) is 8.48. The van der Waals surface area contributed by atoms with Crippen LogP contribution in [-0.4, -0.2) is 23.1 Å². The van der Waals surface area contributed by atoms with Crippen LogP contribution in [0.1, 0.15) is 33.1 Å². The Kier molecular flexibility index (Phi) is 6.04. The number of anilines is 1. The molecule has 0 bridgehead atoms. The van der Waals surface area contributed by atoms with E-state index in [4.69, 9.17) is 9.15 Å². The van der Waals surface area contributed by atoms with Crippen LogP contribution in [0.5, 0.6) is 0 Å². The van der Waals surface area contributed by atoms with Crippen molar-refractivity contribution >= 4 is 33.5 Å². The zero-order valence-electron chi connectivity index (χ0n) is 15.9. The molecule has 0 unspecified atom stereocenters. The molecule has 2 aromatic heterocycles. The number of halogens is 1. The van der Waals surface area contributed by atoms with Crippen molar-refractivity contribution in [2.24, 2.45) is 0 Å². The minimum atomic E-state index is -0.531. The van der Waals surface area contributed by atoms with Crippen LogP contribution in [0, 0.1) is 20.8 Å². The molecular weight excluding hydrogens is 424 g/mol. The lowest BCUT2D eigenvalue weighted by molar-refractivity contribution is -0.119. The van der Waals surface area contributed by atoms with Gasteiger partial charge >= 0.3 is 5.97 Å². The monoisotopic (exact) mass is 444 g/mol. The first kappa shape index (κ1) is 19.9. The average molecular weight is 445 g/mol. The van der Waals surface area contributed by atoms with E-state index in [1.54, 1.807) is 18.4 Å². The highest BCUT2D eigenvalue weighted by Crippen LogP contribution is 2.23. The molecular formula is C21H21BrN2O4. The van der Waals surface area contributed by atoms with Crippen molar-refractivity contribution in [2.75, 3.05) is 11.9 Å². The van der Waals surface area contributed by atoms with E-state index in [9.17, 15) is 9.59 Å². The van der Waals surface area contributed by atoms with E-state index >= 15 is 0 Å². The van der Waals surface area contributed by atoms with Crippen molar-refractivity contribution in [3.05, 3.63) is 75.4 Å². The van der Waals surface area contributed by atoms with E-state index in [2.05, 4.69) is 21.2 Å². The van der Waals surface area contributed by atoms with Gasteiger partial charge in [0.1, 0.15) is 5.76 Å². The molecule has 28 heavy (non-hydrogen) atoms. The maximum atomic E-state index is 12.5. The van der Waals surface area contributed by atoms with Crippen LogP contribution in [0.15, 0.2) is 51.6 Å². The lowest BCUT2D eigenvalue weighted by atomic mass is 10.2. The fourth-order valence-corrected chi connectivity index (χ4v) is 3.52. The Morgan fingerprint density at radius 1 is 1.18 bits per heavy atom. The van der Waals surface area contributed by atoms with Gasteiger partial charge in [0, 0.05) is 15.9 Å². The summed E-state index contributed by atoms with van der Waals surface area (Å²) in [6.45, 7) is 5.88. The maximum absolute atomic E-state index is 12.5. The van der Waals surface area contributed by atoms with E-state index in [0.29, 0.717) is 17.8 Å². The molecule has 3 aromatic rings. The molecule has 0 spiro atoms. The van der Waals surface area contributed by atoms with Crippen LogP contribution in [0.25, 0.3) is 0 Å². The largest absolute Gasteiger partial charge is 0.467 e. The SMILES string of the molecule is Cc1ccc(NC(=O)COC(=O)c2cc(C)n(Cc3ccco3)c2C)c(Br)c1. The summed E-state index contributed by atoms with van der Waals surface area (Å²) < 4.78 is 13.3. The fraction of sp³-hybridized carbons (Fsp3) is 0.238. The highest BCUT2D eigenvalue weighted by atomic mass is 79.9. The van der Waals surface area contributed by atoms with Crippen LogP contribution < -0.4 is 5.32 Å². The van der Waals surface area contributed by atoms with Crippen LogP contribution in [0.4, 0.5) is 5.69 Å². The van der Waals surface area contributed by atoms with Crippen molar-refractivity contribution in [3.63, 3.8) is 0 Å². The molecule has 2 heterocycles. The van der Waals surface area contributed by atoms with Gasteiger partial charge < -0.3 is 19.0 Å². The third kappa shape index (κ3) is 4.54. The molecule has 1 amide bonds. The minimum Gasteiger partial charge on any atom is -0.467 e. The van der Waals surface area contributed by atoms with Gasteiger partial charge in [0.05, 0.1) is 24.1 Å². The van der Waals surface area contributed by atoms with Crippen LogP contribution in [-0.2, 0) is 16.1 Å². The number of benzene rings is 1. The Morgan fingerprint density at radius 2 is 1.96 bits per heavy atom. The lowest BCUT2D eigenvalue weighted by Crippen LogP contribution is -2.21. The van der Waals surface area contributed by atoms with E-state index < -0.39 is 11.9 Å². The standard InChI is InChI=1S/C21H21BrN2O4/c1-13-6-7-19(18(22)9-13)23-20(25)12-28-21(26)17-10-14(2)24(15(17)3)11-16-5-4-8-27-16/h4-10H,11-12H2,1-3H3,(H,23,25). The predicted molar refractivity (Wildman–Crippen MR) is 110 cm³/mol. The van der Waals surface area contributed by atoms with Gasteiger partial charge in [0.2, 0.25) is 0 Å². The molecule has 0 saturated carbocycles. The molecule has 0 radical (unpaired) electrons.